The van der Waals surface area contributed by atoms with Gasteiger partial charge in [0.25, 0.3) is 0 Å². The molecule has 16 heavy (non-hydrogen) atoms. The molecule has 0 fully saturated rings. The molecule has 0 aromatic heterocycles. The van der Waals surface area contributed by atoms with Gasteiger partial charge in [0.05, 0.1) is 9.30 Å². The number of halogens is 3. The molecular formula is C9H8Br3O3S-. The lowest BCUT2D eigenvalue weighted by Crippen LogP contribution is -2.12. The highest BCUT2D eigenvalue weighted by Gasteiger charge is 2.06. The van der Waals surface area contributed by atoms with Gasteiger partial charge in [0.1, 0.15) is 12.4 Å². The van der Waals surface area contributed by atoms with E-state index in [-0.39, 0.29) is 9.72 Å². The second kappa shape index (κ2) is 7.10. The molecule has 2 unspecified atom stereocenters. The van der Waals surface area contributed by atoms with Gasteiger partial charge in [0.2, 0.25) is 0 Å². The molecule has 2 atom stereocenters. The summed E-state index contributed by atoms with van der Waals surface area (Å²) >= 11 is 7.78. The van der Waals surface area contributed by atoms with Crippen molar-refractivity contribution in [3.8, 4) is 5.75 Å². The van der Waals surface area contributed by atoms with Crippen LogP contribution in [-0.4, -0.2) is 25.5 Å². The Balaban J connectivity index is 2.72. The minimum atomic E-state index is -2.21. The molecule has 0 saturated carbocycles. The third kappa shape index (κ3) is 4.44. The zero-order valence-electron chi connectivity index (χ0n) is 7.99. The maximum Gasteiger partial charge on any atom is 0.133 e. The number of alkyl halides is 2. The fourth-order valence-electron chi connectivity index (χ4n) is 0.927. The zero-order valence-corrected chi connectivity index (χ0v) is 13.6. The van der Waals surface area contributed by atoms with Crippen LogP contribution < -0.4 is 4.74 Å². The maximum atomic E-state index is 10.7. The van der Waals surface area contributed by atoms with Crippen molar-refractivity contribution in [1.82, 2.24) is 0 Å². The monoisotopic (exact) mass is 433 g/mol. The van der Waals surface area contributed by atoms with Crippen LogP contribution in [0.5, 0.6) is 5.75 Å². The fourth-order valence-corrected chi connectivity index (χ4v) is 2.28. The van der Waals surface area contributed by atoms with Gasteiger partial charge >= 0.3 is 0 Å². The lowest BCUT2D eigenvalue weighted by molar-refractivity contribution is 0.323. The molecule has 0 aliphatic heterocycles. The van der Waals surface area contributed by atoms with E-state index in [1.807, 2.05) is 0 Å². The Hall–Kier alpha value is 0.570. The molecule has 7 heteroatoms. The topological polar surface area (TPSA) is 49.4 Å². The van der Waals surface area contributed by atoms with Gasteiger partial charge in [-0.05, 0) is 45.2 Å². The first-order valence-electron chi connectivity index (χ1n) is 4.26. The van der Waals surface area contributed by atoms with Gasteiger partial charge in [0, 0.05) is 10.2 Å². The molecule has 1 rings (SSSR count). The number of ether oxygens (including phenoxy) is 1. The third-order valence-corrected chi connectivity index (χ3v) is 5.18. The van der Waals surface area contributed by atoms with Gasteiger partial charge in [-0.25, -0.2) is 0 Å². The van der Waals surface area contributed by atoms with Crippen LogP contribution in [0.25, 0.3) is 0 Å². The maximum absolute atomic E-state index is 10.7. The Labute approximate surface area is 122 Å². The van der Waals surface area contributed by atoms with E-state index in [9.17, 15) is 8.76 Å². The van der Waals surface area contributed by atoms with E-state index in [2.05, 4.69) is 47.8 Å². The number of benzene rings is 1. The largest absolute Gasteiger partial charge is 0.768 e. The van der Waals surface area contributed by atoms with Crippen molar-refractivity contribution in [1.29, 1.82) is 0 Å². The first-order chi connectivity index (χ1) is 7.54. The van der Waals surface area contributed by atoms with Crippen molar-refractivity contribution in [2.75, 3.05) is 11.9 Å². The summed E-state index contributed by atoms with van der Waals surface area (Å²) < 4.78 is 27.5. The quantitative estimate of drug-likeness (QED) is 0.527. The summed E-state index contributed by atoms with van der Waals surface area (Å²) in [5.41, 5.74) is 0. The van der Waals surface area contributed by atoms with Gasteiger partial charge in [-0.15, -0.1) is 0 Å². The average Bonchev–Trinajstić information content (AvgIpc) is 2.26. The minimum Gasteiger partial charge on any atom is -0.768 e. The molecule has 0 heterocycles. The Morgan fingerprint density at radius 2 is 2.19 bits per heavy atom. The van der Waals surface area contributed by atoms with E-state index in [0.717, 1.165) is 5.33 Å². The fraction of sp³-hybridized carbons (Fsp3) is 0.333. The van der Waals surface area contributed by atoms with E-state index < -0.39 is 11.1 Å². The van der Waals surface area contributed by atoms with Crippen LogP contribution in [0.3, 0.4) is 0 Å². The summed E-state index contributed by atoms with van der Waals surface area (Å²) in [5.74, 6) is 0.625. The molecule has 0 aliphatic rings. The van der Waals surface area contributed by atoms with Crippen molar-refractivity contribution >= 4 is 58.9 Å². The normalized spacial score (nSPS) is 14.5. The summed E-state index contributed by atoms with van der Waals surface area (Å²) in [5, 5.41) is 0.785. The van der Waals surface area contributed by atoms with Crippen LogP contribution in [0.1, 0.15) is 0 Å². The van der Waals surface area contributed by atoms with Gasteiger partial charge in [-0.1, -0.05) is 31.9 Å². The lowest BCUT2D eigenvalue weighted by atomic mass is 10.3. The SMILES string of the molecule is O=S([O-])c1ccc(OCC(Br)CBr)c(Br)c1. The third-order valence-electron chi connectivity index (χ3n) is 1.68. The average molecular weight is 436 g/mol. The molecule has 1 aromatic rings. The summed E-state index contributed by atoms with van der Waals surface area (Å²) in [6.07, 6.45) is 0. The molecule has 0 radical (unpaired) electrons. The van der Waals surface area contributed by atoms with Crippen LogP contribution in [0.4, 0.5) is 0 Å². The van der Waals surface area contributed by atoms with Crippen molar-refractivity contribution < 1.29 is 13.5 Å². The smallest absolute Gasteiger partial charge is 0.133 e. The first kappa shape index (κ1) is 14.6. The van der Waals surface area contributed by atoms with Gasteiger partial charge in [0.15, 0.2) is 0 Å². The number of rotatable bonds is 5. The van der Waals surface area contributed by atoms with Gasteiger partial charge in [-0.3, -0.25) is 4.21 Å². The Morgan fingerprint density at radius 3 is 2.69 bits per heavy atom. The highest BCUT2D eigenvalue weighted by atomic mass is 79.9. The van der Waals surface area contributed by atoms with Crippen LogP contribution in [0.15, 0.2) is 27.6 Å². The van der Waals surface area contributed by atoms with Crippen molar-refractivity contribution in [2.45, 2.75) is 9.72 Å². The summed E-state index contributed by atoms with van der Waals surface area (Å²) in [7, 11) is 0. The standard InChI is InChI=1S/C9H9Br3O3S/c10-4-6(11)5-15-9-2-1-7(16(13)14)3-8(9)12/h1-3,6H,4-5H2,(H,13,14)/p-1. The van der Waals surface area contributed by atoms with Crippen LogP contribution in [0.2, 0.25) is 0 Å². The Bertz CT molecular complexity index is 386. The molecule has 3 nitrogen and oxygen atoms in total. The van der Waals surface area contributed by atoms with Crippen LogP contribution in [-0.2, 0) is 11.1 Å². The predicted octanol–water partition coefficient (Wildman–Crippen LogP) is 3.22. The van der Waals surface area contributed by atoms with E-state index >= 15 is 0 Å². The van der Waals surface area contributed by atoms with Crippen molar-refractivity contribution in [3.63, 3.8) is 0 Å². The molecule has 1 aromatic carbocycles. The highest BCUT2D eigenvalue weighted by Crippen LogP contribution is 2.27. The number of hydrogen-bond acceptors (Lipinski definition) is 3. The summed E-state index contributed by atoms with van der Waals surface area (Å²) in [6, 6.07) is 4.64. The molecule has 0 amide bonds. The van der Waals surface area contributed by atoms with Crippen LogP contribution in [0, 0.1) is 0 Å². The van der Waals surface area contributed by atoms with Gasteiger partial charge < -0.3 is 9.29 Å². The van der Waals surface area contributed by atoms with Crippen LogP contribution >= 0.6 is 47.8 Å². The molecule has 0 aliphatic carbocycles. The minimum absolute atomic E-state index is 0.215. The molecule has 0 spiro atoms. The summed E-state index contributed by atoms with van der Waals surface area (Å²) in [6.45, 7) is 0.504. The summed E-state index contributed by atoms with van der Waals surface area (Å²) in [4.78, 5) is 0.447. The molecular weight excluding hydrogens is 428 g/mol. The van der Waals surface area contributed by atoms with E-state index in [4.69, 9.17) is 4.74 Å². The van der Waals surface area contributed by atoms with E-state index in [1.54, 1.807) is 6.07 Å². The van der Waals surface area contributed by atoms with Crippen molar-refractivity contribution in [2.24, 2.45) is 0 Å². The first-order valence-corrected chi connectivity index (χ1v) is 8.16. The van der Waals surface area contributed by atoms with Crippen molar-refractivity contribution in [3.05, 3.63) is 22.7 Å². The predicted molar refractivity (Wildman–Crippen MR) is 73.3 cm³/mol. The lowest BCUT2D eigenvalue weighted by Gasteiger charge is -2.12. The number of hydrogen-bond donors (Lipinski definition) is 0. The second-order valence-corrected chi connectivity index (χ2v) is 6.63. The second-order valence-electron chi connectivity index (χ2n) is 2.89. The molecule has 0 N–H and O–H groups in total. The Morgan fingerprint density at radius 1 is 1.50 bits per heavy atom. The zero-order chi connectivity index (χ0) is 12.1. The molecule has 0 bridgehead atoms. The molecule has 0 saturated heterocycles. The molecule has 90 valence electrons. The Kier molecular flexibility index (Phi) is 6.50. The van der Waals surface area contributed by atoms with E-state index in [1.165, 1.54) is 12.1 Å². The highest BCUT2D eigenvalue weighted by molar-refractivity contribution is 9.12. The van der Waals surface area contributed by atoms with Gasteiger partial charge in [-0.2, -0.15) is 0 Å². The van der Waals surface area contributed by atoms with E-state index in [0.29, 0.717) is 16.8 Å².